The van der Waals surface area contributed by atoms with Crippen molar-refractivity contribution in [2.75, 3.05) is 0 Å². The van der Waals surface area contributed by atoms with Crippen LogP contribution >= 0.6 is 11.8 Å². The summed E-state index contributed by atoms with van der Waals surface area (Å²) in [6.45, 7) is 0. The van der Waals surface area contributed by atoms with Gasteiger partial charge in [0.05, 0.1) is 16.6 Å². The monoisotopic (exact) mass is 360 g/mol. The maximum atomic E-state index is 12.2. The summed E-state index contributed by atoms with van der Waals surface area (Å²) >= 11 is 1.52. The van der Waals surface area contributed by atoms with Crippen LogP contribution in [0.15, 0.2) is 71.9 Å². The largest absolute Gasteiger partial charge is 0.298 e. The van der Waals surface area contributed by atoms with Gasteiger partial charge in [0.2, 0.25) is 0 Å². The van der Waals surface area contributed by atoms with Crippen LogP contribution in [0.3, 0.4) is 0 Å². The molecule has 1 saturated carbocycles. The molecule has 130 valence electrons. The van der Waals surface area contributed by atoms with Crippen LogP contribution in [0, 0.1) is 0 Å². The molecule has 0 N–H and O–H groups in total. The summed E-state index contributed by atoms with van der Waals surface area (Å²) in [5.41, 5.74) is 3.91. The van der Waals surface area contributed by atoms with Gasteiger partial charge in [-0.1, -0.05) is 78.8 Å². The van der Waals surface area contributed by atoms with Crippen LogP contribution in [0.25, 0.3) is 22.5 Å². The van der Waals surface area contributed by atoms with Crippen LogP contribution < -0.4 is 0 Å². The minimum absolute atomic E-state index is 0.0154. The summed E-state index contributed by atoms with van der Waals surface area (Å²) in [6, 6.07) is 22.3. The number of rotatable bonds is 4. The lowest BCUT2D eigenvalue weighted by molar-refractivity contribution is -0.119. The molecule has 3 nitrogen and oxygen atoms in total. The summed E-state index contributed by atoms with van der Waals surface area (Å²) in [5.74, 6) is 0.330. The number of carbonyl (C=O) groups is 1. The Bertz CT molecular complexity index is 839. The average Bonchev–Trinajstić information content (AvgIpc) is 2.71. The number of hydrogen-bond donors (Lipinski definition) is 0. The first kappa shape index (κ1) is 17.0. The van der Waals surface area contributed by atoms with Gasteiger partial charge in [-0.05, 0) is 18.9 Å². The molecule has 1 atom stereocenters. The molecule has 0 saturated heterocycles. The Morgan fingerprint density at radius 2 is 1.38 bits per heavy atom. The highest BCUT2D eigenvalue weighted by Crippen LogP contribution is 2.32. The van der Waals surface area contributed by atoms with E-state index in [-0.39, 0.29) is 5.25 Å². The van der Waals surface area contributed by atoms with Gasteiger partial charge in [0.1, 0.15) is 5.78 Å². The van der Waals surface area contributed by atoms with Crippen LogP contribution in [-0.2, 0) is 4.79 Å². The van der Waals surface area contributed by atoms with Crippen LogP contribution in [0.4, 0.5) is 0 Å². The zero-order valence-corrected chi connectivity index (χ0v) is 15.3. The first-order chi connectivity index (χ1) is 12.8. The van der Waals surface area contributed by atoms with Crippen molar-refractivity contribution in [2.24, 2.45) is 0 Å². The number of carbonyl (C=O) groups excluding carboxylic acids is 1. The van der Waals surface area contributed by atoms with Gasteiger partial charge in [-0.25, -0.2) is 9.97 Å². The standard InChI is InChI=1S/C22H20N2OS/c25-20-13-7-8-14-21(20)26-22-23-18(16-9-3-1-4-10-16)15-19(24-22)17-11-5-2-6-12-17/h1-6,9-12,15,21H,7-8,13-14H2. The van der Waals surface area contributed by atoms with Crippen LogP contribution in [0.1, 0.15) is 25.7 Å². The fourth-order valence-electron chi connectivity index (χ4n) is 3.19. The fourth-order valence-corrected chi connectivity index (χ4v) is 4.28. The normalized spacial score (nSPS) is 17.2. The molecular weight excluding hydrogens is 340 g/mol. The number of ketones is 1. The molecule has 3 aromatic rings. The highest BCUT2D eigenvalue weighted by Gasteiger charge is 2.24. The van der Waals surface area contributed by atoms with Crippen molar-refractivity contribution in [1.82, 2.24) is 9.97 Å². The third kappa shape index (κ3) is 3.86. The highest BCUT2D eigenvalue weighted by molar-refractivity contribution is 8.00. The van der Waals surface area contributed by atoms with E-state index in [1.807, 2.05) is 42.5 Å². The van der Waals surface area contributed by atoms with Crippen LogP contribution in [0.2, 0.25) is 0 Å². The zero-order valence-electron chi connectivity index (χ0n) is 14.5. The maximum absolute atomic E-state index is 12.2. The summed E-state index contributed by atoms with van der Waals surface area (Å²) in [6.07, 6.45) is 3.72. The van der Waals surface area contributed by atoms with Crippen LogP contribution in [0.5, 0.6) is 0 Å². The fraction of sp³-hybridized carbons (Fsp3) is 0.227. The Kier molecular flexibility index (Phi) is 5.12. The first-order valence-electron chi connectivity index (χ1n) is 8.99. The number of benzene rings is 2. The quantitative estimate of drug-likeness (QED) is 0.583. The molecule has 1 fully saturated rings. The van der Waals surface area contributed by atoms with E-state index in [1.54, 1.807) is 0 Å². The topological polar surface area (TPSA) is 42.9 Å². The summed E-state index contributed by atoms with van der Waals surface area (Å²) < 4.78 is 0. The number of hydrogen-bond acceptors (Lipinski definition) is 4. The molecule has 0 spiro atoms. The average molecular weight is 360 g/mol. The molecule has 1 aliphatic rings. The lowest BCUT2D eigenvalue weighted by Gasteiger charge is -2.19. The molecule has 0 radical (unpaired) electrons. The minimum Gasteiger partial charge on any atom is -0.298 e. The molecule has 0 amide bonds. The molecule has 26 heavy (non-hydrogen) atoms. The smallest absolute Gasteiger partial charge is 0.189 e. The second-order valence-electron chi connectivity index (χ2n) is 6.47. The van der Waals surface area contributed by atoms with E-state index in [9.17, 15) is 4.79 Å². The highest BCUT2D eigenvalue weighted by atomic mass is 32.2. The van der Waals surface area contributed by atoms with Crippen molar-refractivity contribution in [3.8, 4) is 22.5 Å². The minimum atomic E-state index is -0.0154. The van der Waals surface area contributed by atoms with Crippen molar-refractivity contribution in [3.63, 3.8) is 0 Å². The molecule has 1 aliphatic carbocycles. The Morgan fingerprint density at radius 1 is 0.808 bits per heavy atom. The van der Waals surface area contributed by atoms with E-state index in [0.717, 1.165) is 41.8 Å². The molecule has 1 aromatic heterocycles. The van der Waals surface area contributed by atoms with Gasteiger partial charge in [0.15, 0.2) is 5.16 Å². The molecule has 1 heterocycles. The van der Waals surface area contributed by atoms with Crippen LogP contribution in [-0.4, -0.2) is 21.0 Å². The first-order valence-corrected chi connectivity index (χ1v) is 9.87. The number of Topliss-reactive ketones (excluding diaryl/α,β-unsaturated/α-hetero) is 1. The lowest BCUT2D eigenvalue weighted by Crippen LogP contribution is -2.21. The van der Waals surface area contributed by atoms with Crippen molar-refractivity contribution < 1.29 is 4.79 Å². The Balaban J connectivity index is 1.74. The summed E-state index contributed by atoms with van der Waals surface area (Å²) in [7, 11) is 0. The summed E-state index contributed by atoms with van der Waals surface area (Å²) in [4.78, 5) is 21.7. The molecule has 0 aliphatic heterocycles. The van der Waals surface area contributed by atoms with E-state index in [2.05, 4.69) is 24.3 Å². The van der Waals surface area contributed by atoms with Gasteiger partial charge in [-0.2, -0.15) is 0 Å². The molecular formula is C22H20N2OS. The predicted octanol–water partition coefficient (Wildman–Crippen LogP) is 5.41. The van der Waals surface area contributed by atoms with Gasteiger partial charge in [-0.3, -0.25) is 4.79 Å². The van der Waals surface area contributed by atoms with E-state index in [4.69, 9.17) is 9.97 Å². The number of nitrogens with zero attached hydrogens (tertiary/aromatic N) is 2. The predicted molar refractivity (Wildman–Crippen MR) is 106 cm³/mol. The molecule has 0 bridgehead atoms. The van der Waals surface area contributed by atoms with Gasteiger partial charge in [0, 0.05) is 17.5 Å². The second-order valence-corrected chi connectivity index (χ2v) is 7.64. The third-order valence-corrected chi connectivity index (χ3v) is 5.77. The van der Waals surface area contributed by atoms with E-state index in [0.29, 0.717) is 17.4 Å². The molecule has 2 aromatic carbocycles. The van der Waals surface area contributed by atoms with Gasteiger partial charge >= 0.3 is 0 Å². The number of aromatic nitrogens is 2. The maximum Gasteiger partial charge on any atom is 0.189 e. The van der Waals surface area contributed by atoms with Crippen molar-refractivity contribution in [2.45, 2.75) is 36.1 Å². The van der Waals surface area contributed by atoms with Crippen molar-refractivity contribution in [1.29, 1.82) is 0 Å². The lowest BCUT2D eigenvalue weighted by atomic mass is 9.99. The van der Waals surface area contributed by atoms with Gasteiger partial charge < -0.3 is 0 Å². The Morgan fingerprint density at radius 3 is 1.92 bits per heavy atom. The summed E-state index contributed by atoms with van der Waals surface area (Å²) in [5, 5.41) is 0.670. The SMILES string of the molecule is O=C1CCCCC1Sc1nc(-c2ccccc2)cc(-c2ccccc2)n1. The molecule has 1 unspecified atom stereocenters. The third-order valence-electron chi connectivity index (χ3n) is 4.59. The van der Waals surface area contributed by atoms with Gasteiger partial charge in [-0.15, -0.1) is 0 Å². The van der Waals surface area contributed by atoms with Gasteiger partial charge in [0.25, 0.3) is 0 Å². The Hall–Kier alpha value is -2.46. The zero-order chi connectivity index (χ0) is 17.8. The molecule has 4 rings (SSSR count). The van der Waals surface area contributed by atoms with Crippen molar-refractivity contribution >= 4 is 17.5 Å². The second kappa shape index (κ2) is 7.83. The van der Waals surface area contributed by atoms with E-state index < -0.39 is 0 Å². The van der Waals surface area contributed by atoms with E-state index >= 15 is 0 Å². The number of thioether (sulfide) groups is 1. The van der Waals surface area contributed by atoms with E-state index in [1.165, 1.54) is 11.8 Å². The Labute approximate surface area is 157 Å². The molecule has 4 heteroatoms. The van der Waals surface area contributed by atoms with Crippen molar-refractivity contribution in [3.05, 3.63) is 66.7 Å².